The molecule has 2 rings (SSSR count). The van der Waals surface area contributed by atoms with Crippen LogP contribution < -0.4 is 0 Å². The minimum Gasteiger partial charge on any atom is -0.464 e. The van der Waals surface area contributed by atoms with Crippen molar-refractivity contribution < 1.29 is 9.53 Å². The number of rotatable bonds is 4. The number of aromatic nitrogens is 5. The van der Waals surface area contributed by atoms with Gasteiger partial charge in [0, 0.05) is 12.6 Å². The Kier molecular flexibility index (Phi) is 4.08. The van der Waals surface area contributed by atoms with E-state index >= 15 is 0 Å². The summed E-state index contributed by atoms with van der Waals surface area (Å²) >= 11 is 6.20. The molecule has 0 atom stereocenters. The van der Waals surface area contributed by atoms with Crippen LogP contribution in [0.25, 0.3) is 0 Å². The molecular formula is C12H16ClN5O2. The normalized spacial score (nSPS) is 10.8. The summed E-state index contributed by atoms with van der Waals surface area (Å²) in [5, 5.41) is 12.7. The number of hydrogen-bond acceptors (Lipinski definition) is 5. The first-order chi connectivity index (χ1) is 9.49. The number of carbonyl (C=O) groups is 1. The first-order valence-electron chi connectivity index (χ1n) is 6.18. The molecule has 20 heavy (non-hydrogen) atoms. The Bertz CT molecular complexity index is 647. The average molecular weight is 298 g/mol. The first-order valence-corrected chi connectivity index (χ1v) is 6.56. The maximum Gasteiger partial charge on any atom is 0.360 e. The van der Waals surface area contributed by atoms with Crippen molar-refractivity contribution in [3.8, 4) is 0 Å². The molecule has 2 aromatic rings. The van der Waals surface area contributed by atoms with Crippen LogP contribution in [0, 0.1) is 6.92 Å². The topological polar surface area (TPSA) is 74.8 Å². The van der Waals surface area contributed by atoms with Crippen LogP contribution in [0.5, 0.6) is 0 Å². The highest BCUT2D eigenvalue weighted by Crippen LogP contribution is 2.20. The second-order valence-corrected chi connectivity index (χ2v) is 4.72. The summed E-state index contributed by atoms with van der Waals surface area (Å²) in [7, 11) is 3.10. The Labute approximate surface area is 121 Å². The Hall–Kier alpha value is -1.89. The SMILES string of the molecule is CCc1c(C(=O)OC)nnn1Cc1c(C)nn(C)c1Cl. The third-order valence-corrected chi connectivity index (χ3v) is 3.60. The Balaban J connectivity index is 2.39. The lowest BCUT2D eigenvalue weighted by molar-refractivity contribution is 0.0592. The summed E-state index contributed by atoms with van der Waals surface area (Å²) in [6.45, 7) is 4.23. The van der Waals surface area contributed by atoms with E-state index in [1.54, 1.807) is 16.4 Å². The van der Waals surface area contributed by atoms with Crippen molar-refractivity contribution in [3.05, 3.63) is 27.8 Å². The van der Waals surface area contributed by atoms with Crippen molar-refractivity contribution in [2.45, 2.75) is 26.8 Å². The van der Waals surface area contributed by atoms with E-state index in [9.17, 15) is 4.79 Å². The molecule has 2 heterocycles. The second kappa shape index (κ2) is 5.62. The molecule has 8 heteroatoms. The van der Waals surface area contributed by atoms with Crippen LogP contribution in [0.1, 0.15) is 34.4 Å². The van der Waals surface area contributed by atoms with E-state index in [0.29, 0.717) is 18.1 Å². The molecule has 0 amide bonds. The quantitative estimate of drug-likeness (QED) is 0.797. The van der Waals surface area contributed by atoms with Crippen LogP contribution in [-0.4, -0.2) is 37.9 Å². The second-order valence-electron chi connectivity index (χ2n) is 4.37. The zero-order valence-corrected chi connectivity index (χ0v) is 12.6. The van der Waals surface area contributed by atoms with Gasteiger partial charge in [0.2, 0.25) is 0 Å². The minimum atomic E-state index is -0.484. The molecule has 0 bridgehead atoms. The Morgan fingerprint density at radius 2 is 2.15 bits per heavy atom. The third-order valence-electron chi connectivity index (χ3n) is 3.13. The molecule has 0 N–H and O–H groups in total. The minimum absolute atomic E-state index is 0.243. The zero-order valence-electron chi connectivity index (χ0n) is 11.8. The molecule has 0 fully saturated rings. The smallest absolute Gasteiger partial charge is 0.360 e. The van der Waals surface area contributed by atoms with Crippen LogP contribution in [-0.2, 0) is 24.8 Å². The van der Waals surface area contributed by atoms with E-state index in [1.165, 1.54) is 7.11 Å². The van der Waals surface area contributed by atoms with Gasteiger partial charge in [0.15, 0.2) is 5.69 Å². The first kappa shape index (κ1) is 14.5. The molecule has 0 saturated heterocycles. The molecule has 7 nitrogen and oxygen atoms in total. The van der Waals surface area contributed by atoms with Gasteiger partial charge in [-0.3, -0.25) is 4.68 Å². The summed E-state index contributed by atoms with van der Waals surface area (Å²) < 4.78 is 7.96. The highest BCUT2D eigenvalue weighted by molar-refractivity contribution is 6.30. The van der Waals surface area contributed by atoms with Crippen molar-refractivity contribution in [1.29, 1.82) is 0 Å². The van der Waals surface area contributed by atoms with Crippen molar-refractivity contribution in [2.24, 2.45) is 7.05 Å². The van der Waals surface area contributed by atoms with Gasteiger partial charge in [0.05, 0.1) is 25.0 Å². The predicted octanol–water partition coefficient (Wildman–Crippen LogP) is 1.37. The monoisotopic (exact) mass is 297 g/mol. The van der Waals surface area contributed by atoms with E-state index < -0.39 is 5.97 Å². The summed E-state index contributed by atoms with van der Waals surface area (Å²) in [5.74, 6) is -0.484. The number of aryl methyl sites for hydroxylation is 2. The fraction of sp³-hybridized carbons (Fsp3) is 0.500. The maximum atomic E-state index is 11.6. The van der Waals surface area contributed by atoms with Crippen LogP contribution in [0.2, 0.25) is 5.15 Å². The summed E-state index contributed by atoms with van der Waals surface area (Å²) in [5.41, 5.74) is 2.66. The molecule has 0 aliphatic heterocycles. The number of esters is 1. The summed E-state index contributed by atoms with van der Waals surface area (Å²) in [4.78, 5) is 11.6. The van der Waals surface area contributed by atoms with Crippen molar-refractivity contribution in [2.75, 3.05) is 7.11 Å². The number of halogens is 1. The zero-order chi connectivity index (χ0) is 14.9. The van der Waals surface area contributed by atoms with E-state index in [4.69, 9.17) is 16.3 Å². The molecule has 0 aromatic carbocycles. The maximum absolute atomic E-state index is 11.6. The van der Waals surface area contributed by atoms with Gasteiger partial charge in [-0.25, -0.2) is 9.48 Å². The molecule has 0 unspecified atom stereocenters. The summed E-state index contributed by atoms with van der Waals surface area (Å²) in [6.07, 6.45) is 0.619. The fourth-order valence-electron chi connectivity index (χ4n) is 2.07. The molecule has 0 saturated carbocycles. The lowest BCUT2D eigenvalue weighted by atomic mass is 10.2. The number of methoxy groups -OCH3 is 1. The van der Waals surface area contributed by atoms with Crippen molar-refractivity contribution >= 4 is 17.6 Å². The molecule has 0 aliphatic rings. The number of nitrogens with zero attached hydrogens (tertiary/aromatic N) is 5. The van der Waals surface area contributed by atoms with Gasteiger partial charge in [0.25, 0.3) is 0 Å². The van der Waals surface area contributed by atoms with Crippen LogP contribution in [0.3, 0.4) is 0 Å². The largest absolute Gasteiger partial charge is 0.464 e. The molecule has 0 radical (unpaired) electrons. The molecule has 0 aliphatic carbocycles. The van der Waals surface area contributed by atoms with E-state index in [-0.39, 0.29) is 5.69 Å². The highest BCUT2D eigenvalue weighted by atomic mass is 35.5. The third kappa shape index (κ3) is 2.40. The fourth-order valence-corrected chi connectivity index (χ4v) is 2.30. The number of hydrogen-bond donors (Lipinski definition) is 0. The molecule has 2 aromatic heterocycles. The Morgan fingerprint density at radius 3 is 2.65 bits per heavy atom. The van der Waals surface area contributed by atoms with Crippen LogP contribution in [0.4, 0.5) is 0 Å². The van der Waals surface area contributed by atoms with E-state index in [2.05, 4.69) is 15.4 Å². The van der Waals surface area contributed by atoms with Gasteiger partial charge in [0.1, 0.15) is 5.15 Å². The van der Waals surface area contributed by atoms with Crippen LogP contribution in [0.15, 0.2) is 0 Å². The van der Waals surface area contributed by atoms with E-state index in [1.807, 2.05) is 13.8 Å². The standard InChI is InChI=1S/C12H16ClN5O2/c1-5-9-10(12(19)20-4)14-16-18(9)6-8-7(2)15-17(3)11(8)13/h5-6H2,1-4H3. The van der Waals surface area contributed by atoms with Gasteiger partial charge in [-0.2, -0.15) is 5.10 Å². The van der Waals surface area contributed by atoms with Gasteiger partial charge in [-0.15, -0.1) is 5.10 Å². The molecule has 0 spiro atoms. The number of ether oxygens (including phenoxy) is 1. The van der Waals surface area contributed by atoms with Gasteiger partial charge in [-0.1, -0.05) is 23.7 Å². The predicted molar refractivity (Wildman–Crippen MR) is 72.8 cm³/mol. The van der Waals surface area contributed by atoms with Gasteiger partial charge in [-0.05, 0) is 13.3 Å². The van der Waals surface area contributed by atoms with Crippen LogP contribution >= 0.6 is 11.6 Å². The lowest BCUT2D eigenvalue weighted by Gasteiger charge is -2.05. The average Bonchev–Trinajstić information content (AvgIpc) is 2.94. The molecular weight excluding hydrogens is 282 g/mol. The number of carbonyl (C=O) groups excluding carboxylic acids is 1. The summed E-state index contributed by atoms with van der Waals surface area (Å²) in [6, 6.07) is 0. The highest BCUT2D eigenvalue weighted by Gasteiger charge is 2.21. The Morgan fingerprint density at radius 1 is 1.45 bits per heavy atom. The van der Waals surface area contributed by atoms with Gasteiger partial charge < -0.3 is 4.74 Å². The van der Waals surface area contributed by atoms with Crippen molar-refractivity contribution in [3.63, 3.8) is 0 Å². The van der Waals surface area contributed by atoms with Gasteiger partial charge >= 0.3 is 5.97 Å². The lowest BCUT2D eigenvalue weighted by Crippen LogP contribution is -2.10. The molecule has 108 valence electrons. The van der Waals surface area contributed by atoms with Crippen molar-refractivity contribution in [1.82, 2.24) is 24.8 Å². The van der Waals surface area contributed by atoms with E-state index in [0.717, 1.165) is 17.0 Å².